The number of benzene rings is 1. The highest BCUT2D eigenvalue weighted by molar-refractivity contribution is 14.1. The second kappa shape index (κ2) is 8.17. The monoisotopic (exact) mass is 772 g/mol. The number of carbonyl (C=O) groups excluding carboxylic acids is 3. The molecule has 1 aromatic carbocycles. The molecule has 2 aliphatic carbocycles. The Kier molecular flexibility index (Phi) is 6.28. The van der Waals surface area contributed by atoms with Gasteiger partial charge in [0.05, 0.1) is 15.4 Å². The highest BCUT2D eigenvalue weighted by Crippen LogP contribution is 2.59. The summed E-state index contributed by atoms with van der Waals surface area (Å²) >= 11 is 6.55. The zero-order valence-electron chi connectivity index (χ0n) is 16.5. The molecule has 6 atom stereocenters. The minimum atomic E-state index is -3.68. The average molecular weight is 772 g/mol. The zero-order chi connectivity index (χ0) is 23.0. The third kappa shape index (κ3) is 3.77. The lowest BCUT2D eigenvalue weighted by Crippen LogP contribution is -2.46. The number of hydrogen-bond acceptors (Lipinski definition) is 6. The predicted octanol–water partition coefficient (Wildman–Crippen LogP) is 4.40. The molecule has 11 heteroatoms. The van der Waals surface area contributed by atoms with E-state index >= 15 is 0 Å². The lowest BCUT2D eigenvalue weighted by Gasteiger charge is -2.31. The lowest BCUT2D eigenvalue weighted by molar-refractivity contribution is -0.185. The third-order valence-electron chi connectivity index (χ3n) is 6.34. The van der Waals surface area contributed by atoms with Gasteiger partial charge in [0.1, 0.15) is 18.0 Å². The molecular weight excluding hydrogens is 755 g/mol. The summed E-state index contributed by atoms with van der Waals surface area (Å²) in [5.74, 6) is -8.71. The highest BCUT2D eigenvalue weighted by atomic mass is 127. The van der Waals surface area contributed by atoms with Gasteiger partial charge in [-0.05, 0) is 93.6 Å². The molecular formula is C20H17F2I3O6. The number of carbonyl (C=O) groups is 3. The van der Waals surface area contributed by atoms with E-state index in [4.69, 9.17) is 14.2 Å². The summed E-state index contributed by atoms with van der Waals surface area (Å²) in [4.78, 5) is 37.5. The van der Waals surface area contributed by atoms with Crippen molar-refractivity contribution in [2.75, 3.05) is 0 Å². The van der Waals surface area contributed by atoms with Crippen LogP contribution in [0.2, 0.25) is 0 Å². The lowest BCUT2D eigenvalue weighted by atomic mass is 9.78. The first-order valence-corrected chi connectivity index (χ1v) is 12.7. The molecule has 2 saturated carbocycles. The van der Waals surface area contributed by atoms with Crippen molar-refractivity contribution in [1.82, 2.24) is 0 Å². The molecule has 0 spiro atoms. The minimum Gasteiger partial charge on any atom is -0.458 e. The van der Waals surface area contributed by atoms with Gasteiger partial charge in [0, 0.05) is 31.5 Å². The summed E-state index contributed by atoms with van der Waals surface area (Å²) in [5, 5.41) is 0. The maximum Gasteiger partial charge on any atom is 0.377 e. The van der Waals surface area contributed by atoms with Crippen LogP contribution in [0.4, 0.5) is 8.78 Å². The Morgan fingerprint density at radius 2 is 1.68 bits per heavy atom. The second-order valence-corrected chi connectivity index (χ2v) is 11.5. The van der Waals surface area contributed by atoms with E-state index in [1.54, 1.807) is 0 Å². The maximum absolute atomic E-state index is 13.4. The van der Waals surface area contributed by atoms with E-state index in [9.17, 15) is 23.2 Å². The van der Waals surface area contributed by atoms with Crippen LogP contribution in [-0.4, -0.2) is 36.0 Å². The fourth-order valence-corrected chi connectivity index (χ4v) is 7.47. The predicted molar refractivity (Wildman–Crippen MR) is 129 cm³/mol. The van der Waals surface area contributed by atoms with Crippen LogP contribution in [0.1, 0.15) is 24.5 Å². The first-order chi connectivity index (χ1) is 14.3. The molecule has 6 unspecified atom stereocenters. The Bertz CT molecular complexity index is 979. The van der Waals surface area contributed by atoms with E-state index in [0.29, 0.717) is 19.1 Å². The van der Waals surface area contributed by atoms with Gasteiger partial charge >= 0.3 is 23.8 Å². The molecule has 3 aliphatic rings. The van der Waals surface area contributed by atoms with Gasteiger partial charge in [-0.3, -0.25) is 9.59 Å². The normalized spacial score (nSPS) is 31.0. The zero-order valence-corrected chi connectivity index (χ0v) is 23.0. The van der Waals surface area contributed by atoms with E-state index in [-0.39, 0.29) is 5.92 Å². The average Bonchev–Trinajstić information content (AvgIpc) is 3.31. The van der Waals surface area contributed by atoms with E-state index in [1.807, 2.05) is 13.8 Å². The summed E-state index contributed by atoms with van der Waals surface area (Å²) in [7, 11) is 0. The van der Waals surface area contributed by atoms with Gasteiger partial charge < -0.3 is 14.2 Å². The Morgan fingerprint density at radius 3 is 2.29 bits per heavy atom. The molecule has 6 nitrogen and oxygen atoms in total. The van der Waals surface area contributed by atoms with Gasteiger partial charge in [-0.25, -0.2) is 4.79 Å². The Hall–Kier alpha value is -0.320. The molecule has 2 bridgehead atoms. The van der Waals surface area contributed by atoms with Crippen molar-refractivity contribution in [2.45, 2.75) is 45.3 Å². The molecule has 0 amide bonds. The first-order valence-electron chi connectivity index (χ1n) is 9.49. The topological polar surface area (TPSA) is 78.9 Å². The van der Waals surface area contributed by atoms with Crippen molar-refractivity contribution >= 4 is 85.7 Å². The van der Waals surface area contributed by atoms with Crippen LogP contribution in [0.3, 0.4) is 0 Å². The summed E-state index contributed by atoms with van der Waals surface area (Å²) in [6.45, 7) is 4.23. The molecule has 31 heavy (non-hydrogen) atoms. The largest absolute Gasteiger partial charge is 0.458 e. The van der Waals surface area contributed by atoms with Crippen molar-refractivity contribution in [3.05, 3.63) is 21.8 Å². The quantitative estimate of drug-likeness (QED) is 0.196. The van der Waals surface area contributed by atoms with Crippen molar-refractivity contribution in [3.63, 3.8) is 0 Å². The number of hydrogen-bond donors (Lipinski definition) is 0. The molecule has 0 radical (unpaired) electrons. The molecule has 1 heterocycles. The number of ether oxygens (including phenoxy) is 3. The summed E-state index contributed by atoms with van der Waals surface area (Å²) in [6.07, 6.45) is -1.49. The van der Waals surface area contributed by atoms with Crippen LogP contribution in [0.25, 0.3) is 0 Å². The number of alkyl halides is 2. The fourth-order valence-electron chi connectivity index (χ4n) is 4.85. The molecule has 168 valence electrons. The first kappa shape index (κ1) is 23.8. The standard InChI is InChI=1S/C20H17F2I3O6/c1-5-11(23)12(24)6(2)14(13(5)25)29-17(26)10-8-4-7-9(10)18(27)30-15(7)16(8)31-19(28)20(3,21)22/h7-10,15-16H,4H2,1-3H3. The molecule has 0 N–H and O–H groups in total. The van der Waals surface area contributed by atoms with Crippen molar-refractivity contribution in [1.29, 1.82) is 0 Å². The van der Waals surface area contributed by atoms with E-state index < -0.39 is 53.8 Å². The van der Waals surface area contributed by atoms with Crippen molar-refractivity contribution in [2.24, 2.45) is 23.7 Å². The molecule has 1 aliphatic heterocycles. The van der Waals surface area contributed by atoms with Gasteiger partial charge in [0.25, 0.3) is 0 Å². The van der Waals surface area contributed by atoms with Crippen LogP contribution in [0.5, 0.6) is 5.75 Å². The summed E-state index contributed by atoms with van der Waals surface area (Å²) < 4.78 is 45.8. The Balaban J connectivity index is 1.64. The molecule has 1 aromatic rings. The Morgan fingerprint density at radius 1 is 1.06 bits per heavy atom. The fraction of sp³-hybridized carbons (Fsp3) is 0.550. The van der Waals surface area contributed by atoms with E-state index in [1.165, 1.54) is 0 Å². The molecule has 0 aromatic heterocycles. The Labute approximate surface area is 217 Å². The van der Waals surface area contributed by atoms with Crippen LogP contribution in [-0.2, 0) is 23.9 Å². The van der Waals surface area contributed by atoms with Crippen LogP contribution < -0.4 is 4.74 Å². The minimum absolute atomic E-state index is 0.350. The summed E-state index contributed by atoms with van der Waals surface area (Å²) in [5.41, 5.74) is 1.78. The SMILES string of the molecule is Cc1c(I)c(I)c(C)c(OC(=O)C2C3CC4C(OC(=O)C42)C3OC(=O)C(C)(F)F)c1I. The van der Waals surface area contributed by atoms with E-state index in [2.05, 4.69) is 67.8 Å². The van der Waals surface area contributed by atoms with E-state index in [0.717, 1.165) is 21.8 Å². The summed E-state index contributed by atoms with van der Waals surface area (Å²) in [6, 6.07) is 0. The molecule has 3 fully saturated rings. The highest BCUT2D eigenvalue weighted by Gasteiger charge is 2.70. The number of esters is 3. The van der Waals surface area contributed by atoms with Crippen molar-refractivity contribution in [3.8, 4) is 5.75 Å². The van der Waals surface area contributed by atoms with Crippen LogP contribution in [0, 0.1) is 48.2 Å². The number of fused-ring (bicyclic) bond motifs is 1. The van der Waals surface area contributed by atoms with Crippen LogP contribution >= 0.6 is 67.8 Å². The van der Waals surface area contributed by atoms with Crippen molar-refractivity contribution < 1.29 is 37.4 Å². The maximum atomic E-state index is 13.4. The molecule has 1 saturated heterocycles. The smallest absolute Gasteiger partial charge is 0.377 e. The number of rotatable bonds is 4. The number of halogens is 5. The van der Waals surface area contributed by atoms with Gasteiger partial charge in [-0.15, -0.1) is 0 Å². The third-order valence-corrected chi connectivity index (χ3v) is 11.4. The second-order valence-electron chi connectivity index (χ2n) is 8.22. The van der Waals surface area contributed by atoms with Gasteiger partial charge in [0.15, 0.2) is 0 Å². The van der Waals surface area contributed by atoms with Gasteiger partial charge in [-0.2, -0.15) is 8.78 Å². The van der Waals surface area contributed by atoms with Crippen LogP contribution in [0.15, 0.2) is 0 Å². The molecule has 4 rings (SSSR count). The van der Waals surface area contributed by atoms with Gasteiger partial charge in [-0.1, -0.05) is 0 Å². The van der Waals surface area contributed by atoms with Gasteiger partial charge in [0.2, 0.25) is 0 Å².